The van der Waals surface area contributed by atoms with E-state index in [1.54, 1.807) is 12.1 Å². The molecule has 3 heterocycles. The third-order valence-corrected chi connectivity index (χ3v) is 4.66. The van der Waals surface area contributed by atoms with Gasteiger partial charge in [0.1, 0.15) is 11.3 Å². The number of imidazole rings is 1. The molecule has 1 aliphatic rings. The van der Waals surface area contributed by atoms with Crippen LogP contribution in [-0.4, -0.2) is 56.3 Å². The third-order valence-electron chi connectivity index (χ3n) is 4.66. The minimum atomic E-state index is -0.502. The zero-order chi connectivity index (χ0) is 19.8. The summed E-state index contributed by atoms with van der Waals surface area (Å²) in [6.45, 7) is 1.05. The fourth-order valence-corrected chi connectivity index (χ4v) is 3.02. The second kappa shape index (κ2) is 7.04. The molecule has 4 rings (SSSR count). The minimum absolute atomic E-state index is 0.117. The summed E-state index contributed by atoms with van der Waals surface area (Å²) in [5.74, 6) is -0.300. The maximum absolute atomic E-state index is 12.9. The van der Waals surface area contributed by atoms with E-state index in [1.807, 2.05) is 0 Å². The number of likely N-dealkylation sites (tertiary alicyclic amines) is 1. The van der Waals surface area contributed by atoms with Crippen molar-refractivity contribution in [3.63, 3.8) is 0 Å². The monoisotopic (exact) mass is 387 g/mol. The van der Waals surface area contributed by atoms with Gasteiger partial charge in [-0.25, -0.2) is 23.5 Å². The fourth-order valence-electron chi connectivity index (χ4n) is 3.02. The summed E-state index contributed by atoms with van der Waals surface area (Å²) in [5.41, 5.74) is 0.976. The smallest absolute Gasteiger partial charge is 0.338 e. The molecule has 0 aliphatic carbocycles. The van der Waals surface area contributed by atoms with Gasteiger partial charge in [-0.15, -0.1) is 0 Å². The Kier molecular flexibility index (Phi) is 4.55. The van der Waals surface area contributed by atoms with Crippen molar-refractivity contribution < 1.29 is 18.7 Å². The summed E-state index contributed by atoms with van der Waals surface area (Å²) in [6, 6.07) is 5.72. The lowest BCUT2D eigenvalue weighted by Gasteiger charge is -2.38. The molecule has 0 spiro atoms. The van der Waals surface area contributed by atoms with Crippen molar-refractivity contribution in [1.29, 1.82) is 0 Å². The molecule has 1 amide bonds. The molecule has 1 saturated heterocycles. The summed E-state index contributed by atoms with van der Waals surface area (Å²) in [6.07, 6.45) is 1.25. The number of hydrogen-bond donors (Lipinski definition) is 0. The number of carbonyl (C=O) groups is 1. The fraction of sp³-hybridized carbons (Fsp3) is 0.333. The molecule has 28 heavy (non-hydrogen) atoms. The zero-order valence-electron chi connectivity index (χ0n) is 15.3. The van der Waals surface area contributed by atoms with Crippen LogP contribution in [0.1, 0.15) is 5.56 Å². The van der Waals surface area contributed by atoms with E-state index >= 15 is 0 Å². The molecule has 10 heteroatoms. The number of rotatable bonds is 4. The van der Waals surface area contributed by atoms with E-state index in [9.17, 15) is 14.0 Å². The van der Waals surface area contributed by atoms with Crippen molar-refractivity contribution in [2.24, 2.45) is 7.05 Å². The lowest BCUT2D eigenvalue weighted by atomic mass is 10.1. The van der Waals surface area contributed by atoms with Crippen LogP contribution < -0.4 is 10.4 Å². The first-order chi connectivity index (χ1) is 13.5. The van der Waals surface area contributed by atoms with Gasteiger partial charge in [-0.3, -0.25) is 4.57 Å². The molecular formula is C18H18FN5O4. The highest BCUT2D eigenvalue weighted by Crippen LogP contribution is 2.18. The normalized spacial score (nSPS) is 14.3. The predicted octanol–water partition coefficient (Wildman–Crippen LogP) is 1.15. The van der Waals surface area contributed by atoms with Crippen molar-refractivity contribution in [3.8, 4) is 6.01 Å². The molecule has 0 unspecified atom stereocenters. The average molecular weight is 387 g/mol. The Hall–Kier alpha value is -3.27. The Morgan fingerprint density at radius 1 is 1.29 bits per heavy atom. The first-order valence-electron chi connectivity index (χ1n) is 8.61. The number of carbonyl (C=O) groups excluding carboxylic acids is 1. The van der Waals surface area contributed by atoms with E-state index in [0.29, 0.717) is 30.9 Å². The molecule has 0 radical (unpaired) electrons. The van der Waals surface area contributed by atoms with Gasteiger partial charge in [0.2, 0.25) is 0 Å². The Labute approximate surface area is 158 Å². The van der Waals surface area contributed by atoms with Crippen LogP contribution in [0.4, 0.5) is 9.18 Å². The lowest BCUT2D eigenvalue weighted by molar-refractivity contribution is -0.0440. The molecule has 146 valence electrons. The first kappa shape index (κ1) is 18.1. The van der Waals surface area contributed by atoms with Gasteiger partial charge in [0.15, 0.2) is 5.65 Å². The van der Waals surface area contributed by atoms with Crippen LogP contribution in [0.5, 0.6) is 6.01 Å². The highest BCUT2D eigenvalue weighted by molar-refractivity contribution is 5.88. The number of benzene rings is 1. The molecule has 3 aromatic rings. The Morgan fingerprint density at radius 2 is 2.00 bits per heavy atom. The van der Waals surface area contributed by atoms with Crippen LogP contribution >= 0.6 is 0 Å². The number of hydrogen-bond acceptors (Lipinski definition) is 6. The molecule has 0 saturated carbocycles. The number of halogens is 1. The largest absolute Gasteiger partial charge is 0.467 e. The van der Waals surface area contributed by atoms with Gasteiger partial charge < -0.3 is 14.4 Å². The Morgan fingerprint density at radius 3 is 2.68 bits per heavy atom. The van der Waals surface area contributed by atoms with E-state index < -0.39 is 11.7 Å². The predicted molar refractivity (Wildman–Crippen MR) is 96.7 cm³/mol. The number of aromatic nitrogens is 4. The second-order valence-corrected chi connectivity index (χ2v) is 6.49. The van der Waals surface area contributed by atoms with Crippen molar-refractivity contribution >= 4 is 17.2 Å². The van der Waals surface area contributed by atoms with Gasteiger partial charge in [0, 0.05) is 7.05 Å². The third kappa shape index (κ3) is 3.11. The summed E-state index contributed by atoms with van der Waals surface area (Å²) in [5, 5.41) is 0. The summed E-state index contributed by atoms with van der Waals surface area (Å²) < 4.78 is 25.9. The van der Waals surface area contributed by atoms with E-state index in [0.717, 1.165) is 10.1 Å². The van der Waals surface area contributed by atoms with Crippen LogP contribution in [0.25, 0.3) is 11.2 Å². The molecular weight excluding hydrogens is 369 g/mol. The standard InChI is InChI=1S/C18H18FN5O4/c1-22-15-14(7-20-16(21-15)27-2)24(17(22)25)18(26)23-8-13(9-23)28-10-11-3-5-12(19)6-4-11/h3-7,13H,8-10H2,1-2H3. The van der Waals surface area contributed by atoms with Gasteiger partial charge in [-0.2, -0.15) is 4.98 Å². The number of amides is 1. The van der Waals surface area contributed by atoms with Crippen molar-refractivity contribution in [2.45, 2.75) is 12.7 Å². The van der Waals surface area contributed by atoms with E-state index in [-0.39, 0.29) is 17.9 Å². The SMILES string of the molecule is COc1ncc2c(n1)n(C)c(=O)n2C(=O)N1CC(OCc2ccc(F)cc2)C1. The molecule has 2 aromatic heterocycles. The van der Waals surface area contributed by atoms with Gasteiger partial charge in [0.05, 0.1) is 39.1 Å². The highest BCUT2D eigenvalue weighted by Gasteiger charge is 2.34. The zero-order valence-corrected chi connectivity index (χ0v) is 15.3. The molecule has 9 nitrogen and oxygen atoms in total. The van der Waals surface area contributed by atoms with Gasteiger partial charge in [0.25, 0.3) is 0 Å². The topological polar surface area (TPSA) is 91.5 Å². The molecule has 0 N–H and O–H groups in total. The number of methoxy groups -OCH3 is 1. The van der Waals surface area contributed by atoms with Crippen molar-refractivity contribution in [1.82, 2.24) is 24.0 Å². The molecule has 1 aliphatic heterocycles. The Balaban J connectivity index is 1.44. The quantitative estimate of drug-likeness (QED) is 0.667. The number of fused-ring (bicyclic) bond motifs is 1. The number of nitrogens with zero attached hydrogens (tertiary/aromatic N) is 5. The average Bonchev–Trinajstić information content (AvgIpc) is 2.92. The van der Waals surface area contributed by atoms with Crippen LogP contribution in [-0.2, 0) is 18.4 Å². The summed E-state index contributed by atoms with van der Waals surface area (Å²) >= 11 is 0. The maximum atomic E-state index is 12.9. The van der Waals surface area contributed by atoms with Crippen LogP contribution in [0, 0.1) is 5.82 Å². The molecule has 0 atom stereocenters. The van der Waals surface area contributed by atoms with Crippen molar-refractivity contribution in [3.05, 3.63) is 52.3 Å². The van der Waals surface area contributed by atoms with Gasteiger partial charge in [-0.1, -0.05) is 12.1 Å². The number of aryl methyl sites for hydroxylation is 1. The summed E-state index contributed by atoms with van der Waals surface area (Å²) in [4.78, 5) is 34.9. The molecule has 1 aromatic carbocycles. The van der Waals surface area contributed by atoms with Crippen LogP contribution in [0.3, 0.4) is 0 Å². The summed E-state index contributed by atoms with van der Waals surface area (Å²) in [7, 11) is 2.96. The maximum Gasteiger partial charge on any atom is 0.338 e. The highest BCUT2D eigenvalue weighted by atomic mass is 19.1. The second-order valence-electron chi connectivity index (χ2n) is 6.49. The minimum Gasteiger partial charge on any atom is -0.467 e. The molecule has 1 fully saturated rings. The van der Waals surface area contributed by atoms with Crippen molar-refractivity contribution in [2.75, 3.05) is 20.2 Å². The molecule has 0 bridgehead atoms. The van der Waals surface area contributed by atoms with Crippen LogP contribution in [0.15, 0.2) is 35.3 Å². The van der Waals surface area contributed by atoms with Crippen LogP contribution in [0.2, 0.25) is 0 Å². The lowest BCUT2D eigenvalue weighted by Crippen LogP contribution is -2.57. The van der Waals surface area contributed by atoms with Gasteiger partial charge >= 0.3 is 17.7 Å². The number of ether oxygens (including phenoxy) is 2. The van der Waals surface area contributed by atoms with E-state index in [2.05, 4.69) is 9.97 Å². The van der Waals surface area contributed by atoms with E-state index in [4.69, 9.17) is 9.47 Å². The Bertz CT molecular complexity index is 1090. The van der Waals surface area contributed by atoms with Gasteiger partial charge in [-0.05, 0) is 17.7 Å². The first-order valence-corrected chi connectivity index (χ1v) is 8.61. The van der Waals surface area contributed by atoms with E-state index in [1.165, 1.54) is 42.0 Å².